The van der Waals surface area contributed by atoms with Crippen molar-refractivity contribution in [2.45, 2.75) is 13.3 Å². The first kappa shape index (κ1) is 13.3. The number of rotatable bonds is 3. The van der Waals surface area contributed by atoms with Gasteiger partial charge in [0.05, 0.1) is 11.9 Å². The van der Waals surface area contributed by atoms with Crippen molar-refractivity contribution < 1.29 is 0 Å². The molecule has 0 atom stereocenters. The molecule has 0 saturated carbocycles. The number of nitrogen functional groups attached to an aromatic ring is 1. The van der Waals surface area contributed by atoms with Crippen LogP contribution in [0.3, 0.4) is 0 Å². The van der Waals surface area contributed by atoms with Crippen LogP contribution in [0.2, 0.25) is 0 Å². The molecule has 0 aliphatic rings. The molecule has 21 heavy (non-hydrogen) atoms. The summed E-state index contributed by atoms with van der Waals surface area (Å²) in [6.45, 7) is 2.07. The molecule has 3 aromatic rings. The molecule has 1 aromatic carbocycles. The molecule has 106 valence electrons. The molecule has 0 amide bonds. The molecule has 2 heterocycles. The molecule has 5 heteroatoms. The monoisotopic (exact) mass is 279 g/mol. The Labute approximate surface area is 123 Å². The Morgan fingerprint density at radius 3 is 2.57 bits per heavy atom. The van der Waals surface area contributed by atoms with Gasteiger partial charge in [-0.3, -0.25) is 4.68 Å². The fraction of sp³-hybridized carbons (Fsp3) is 0.188. The fourth-order valence-corrected chi connectivity index (χ4v) is 2.19. The second-order valence-corrected chi connectivity index (χ2v) is 5.16. The van der Waals surface area contributed by atoms with Crippen LogP contribution in [0.5, 0.6) is 0 Å². The highest BCUT2D eigenvalue weighted by Gasteiger charge is 2.07. The van der Waals surface area contributed by atoms with Gasteiger partial charge in [-0.1, -0.05) is 29.8 Å². The van der Waals surface area contributed by atoms with Crippen LogP contribution in [0.4, 0.5) is 5.82 Å². The third-order valence-electron chi connectivity index (χ3n) is 3.28. The van der Waals surface area contributed by atoms with E-state index in [1.807, 2.05) is 13.2 Å². The summed E-state index contributed by atoms with van der Waals surface area (Å²) in [7, 11) is 1.88. The van der Waals surface area contributed by atoms with E-state index in [1.54, 1.807) is 16.9 Å². The highest BCUT2D eigenvalue weighted by molar-refractivity contribution is 5.60. The molecule has 0 unspecified atom stereocenters. The van der Waals surface area contributed by atoms with Gasteiger partial charge in [-0.25, -0.2) is 9.97 Å². The van der Waals surface area contributed by atoms with Crippen molar-refractivity contribution >= 4 is 5.82 Å². The predicted molar refractivity (Wildman–Crippen MR) is 82.6 cm³/mol. The molecule has 0 saturated heterocycles. The van der Waals surface area contributed by atoms with Gasteiger partial charge >= 0.3 is 0 Å². The zero-order valence-electron chi connectivity index (χ0n) is 12.1. The predicted octanol–water partition coefficient (Wildman–Crippen LogP) is 2.36. The molecular weight excluding hydrogens is 262 g/mol. The second-order valence-electron chi connectivity index (χ2n) is 5.16. The van der Waals surface area contributed by atoms with Crippen LogP contribution < -0.4 is 5.73 Å². The van der Waals surface area contributed by atoms with Crippen LogP contribution in [0.25, 0.3) is 11.3 Å². The van der Waals surface area contributed by atoms with Gasteiger partial charge in [0.15, 0.2) is 0 Å². The SMILES string of the molecule is Cc1ccc(Cc2nc(N)cc(-c3cnn(C)c3)n2)cc1. The lowest BCUT2D eigenvalue weighted by molar-refractivity contribution is 0.768. The maximum absolute atomic E-state index is 5.90. The van der Waals surface area contributed by atoms with Crippen molar-refractivity contribution in [1.82, 2.24) is 19.7 Å². The largest absolute Gasteiger partial charge is 0.384 e. The molecule has 2 aromatic heterocycles. The lowest BCUT2D eigenvalue weighted by atomic mass is 10.1. The number of benzene rings is 1. The Hall–Kier alpha value is -2.69. The van der Waals surface area contributed by atoms with Crippen molar-refractivity contribution in [1.29, 1.82) is 0 Å². The third kappa shape index (κ3) is 3.08. The molecule has 5 nitrogen and oxygen atoms in total. The maximum atomic E-state index is 5.90. The minimum absolute atomic E-state index is 0.478. The standard InChI is InChI=1S/C16H17N5/c1-11-3-5-12(6-4-11)7-16-19-14(8-15(17)20-16)13-9-18-21(2)10-13/h3-6,8-10H,7H2,1-2H3,(H2,17,19,20). The average Bonchev–Trinajstić information content (AvgIpc) is 2.88. The molecule has 0 spiro atoms. The summed E-state index contributed by atoms with van der Waals surface area (Å²) in [5.41, 5.74) is 10.1. The first-order chi connectivity index (χ1) is 10.1. The first-order valence-corrected chi connectivity index (χ1v) is 6.78. The zero-order chi connectivity index (χ0) is 14.8. The van der Waals surface area contributed by atoms with Crippen molar-refractivity contribution in [2.75, 3.05) is 5.73 Å². The number of nitrogens with zero attached hydrogens (tertiary/aromatic N) is 4. The van der Waals surface area contributed by atoms with Crippen molar-refractivity contribution in [3.63, 3.8) is 0 Å². The van der Waals surface area contributed by atoms with Gasteiger partial charge in [0.2, 0.25) is 0 Å². The van der Waals surface area contributed by atoms with Crippen LogP contribution >= 0.6 is 0 Å². The summed E-state index contributed by atoms with van der Waals surface area (Å²) in [6, 6.07) is 10.1. The third-order valence-corrected chi connectivity index (χ3v) is 3.28. The van der Waals surface area contributed by atoms with Crippen LogP contribution in [0, 0.1) is 6.92 Å². The van der Waals surface area contributed by atoms with Gasteiger partial charge in [-0.15, -0.1) is 0 Å². The summed E-state index contributed by atoms with van der Waals surface area (Å²) < 4.78 is 1.74. The minimum atomic E-state index is 0.478. The number of anilines is 1. The van der Waals surface area contributed by atoms with Gasteiger partial charge < -0.3 is 5.73 Å². The van der Waals surface area contributed by atoms with Gasteiger partial charge in [0.25, 0.3) is 0 Å². The van der Waals surface area contributed by atoms with Crippen LogP contribution in [-0.2, 0) is 13.5 Å². The van der Waals surface area contributed by atoms with Gasteiger partial charge in [0, 0.05) is 31.3 Å². The van der Waals surface area contributed by atoms with Crippen molar-refractivity contribution in [3.8, 4) is 11.3 Å². The Morgan fingerprint density at radius 1 is 1.14 bits per heavy atom. The number of aromatic nitrogens is 4. The van der Waals surface area contributed by atoms with E-state index in [4.69, 9.17) is 5.73 Å². The number of aryl methyl sites for hydroxylation is 2. The summed E-state index contributed by atoms with van der Waals surface area (Å²) in [5.74, 6) is 1.20. The Kier molecular flexibility index (Phi) is 3.39. The molecule has 0 aliphatic carbocycles. The second kappa shape index (κ2) is 5.36. The van der Waals surface area contributed by atoms with Crippen LogP contribution in [-0.4, -0.2) is 19.7 Å². The van der Waals surface area contributed by atoms with Gasteiger partial charge in [-0.05, 0) is 12.5 Å². The van der Waals surface area contributed by atoms with E-state index < -0.39 is 0 Å². The zero-order valence-corrected chi connectivity index (χ0v) is 12.1. The fourth-order valence-electron chi connectivity index (χ4n) is 2.19. The Balaban J connectivity index is 1.92. The molecule has 0 radical (unpaired) electrons. The first-order valence-electron chi connectivity index (χ1n) is 6.78. The van der Waals surface area contributed by atoms with E-state index in [0.29, 0.717) is 12.2 Å². The van der Waals surface area contributed by atoms with Gasteiger partial charge in [-0.2, -0.15) is 5.10 Å². The molecule has 3 rings (SSSR count). The van der Waals surface area contributed by atoms with E-state index in [-0.39, 0.29) is 0 Å². The molecule has 2 N–H and O–H groups in total. The molecule has 0 aliphatic heterocycles. The van der Waals surface area contributed by atoms with Gasteiger partial charge in [0.1, 0.15) is 11.6 Å². The molecular formula is C16H17N5. The average molecular weight is 279 g/mol. The maximum Gasteiger partial charge on any atom is 0.135 e. The quantitative estimate of drug-likeness (QED) is 0.799. The normalized spacial score (nSPS) is 10.8. The van der Waals surface area contributed by atoms with Crippen molar-refractivity contribution in [2.24, 2.45) is 7.05 Å². The molecule has 0 fully saturated rings. The van der Waals surface area contributed by atoms with Crippen LogP contribution in [0.1, 0.15) is 17.0 Å². The number of hydrogen-bond donors (Lipinski definition) is 1. The van der Waals surface area contributed by atoms with E-state index in [0.717, 1.165) is 17.1 Å². The highest BCUT2D eigenvalue weighted by Crippen LogP contribution is 2.19. The summed E-state index contributed by atoms with van der Waals surface area (Å²) in [5, 5.41) is 4.16. The molecule has 0 bridgehead atoms. The highest BCUT2D eigenvalue weighted by atomic mass is 15.2. The van der Waals surface area contributed by atoms with E-state index in [1.165, 1.54) is 11.1 Å². The Morgan fingerprint density at radius 2 is 1.90 bits per heavy atom. The van der Waals surface area contributed by atoms with E-state index in [2.05, 4.69) is 46.3 Å². The topological polar surface area (TPSA) is 69.6 Å². The van der Waals surface area contributed by atoms with E-state index >= 15 is 0 Å². The van der Waals surface area contributed by atoms with Crippen molar-refractivity contribution in [3.05, 3.63) is 59.7 Å². The summed E-state index contributed by atoms with van der Waals surface area (Å²) in [4.78, 5) is 8.91. The smallest absolute Gasteiger partial charge is 0.135 e. The minimum Gasteiger partial charge on any atom is -0.384 e. The summed E-state index contributed by atoms with van der Waals surface area (Å²) in [6.07, 6.45) is 4.35. The lowest BCUT2D eigenvalue weighted by Crippen LogP contribution is -2.02. The van der Waals surface area contributed by atoms with Crippen LogP contribution in [0.15, 0.2) is 42.7 Å². The Bertz CT molecular complexity index is 759. The number of hydrogen-bond acceptors (Lipinski definition) is 4. The van der Waals surface area contributed by atoms with E-state index in [9.17, 15) is 0 Å². The number of nitrogens with two attached hydrogens (primary N) is 1. The lowest BCUT2D eigenvalue weighted by Gasteiger charge is -2.05. The summed E-state index contributed by atoms with van der Waals surface area (Å²) >= 11 is 0.